The maximum absolute atomic E-state index is 12.0. The second kappa shape index (κ2) is 5.39. The lowest BCUT2D eigenvalue weighted by molar-refractivity contribution is -0.140. The summed E-state index contributed by atoms with van der Waals surface area (Å²) in [6, 6.07) is -1.39. The van der Waals surface area contributed by atoms with E-state index in [2.05, 4.69) is 15.3 Å². The number of nitrogens with zero attached hydrogens (tertiary/aromatic N) is 1. The van der Waals surface area contributed by atoms with Crippen molar-refractivity contribution in [3.63, 3.8) is 0 Å². The number of thiophene rings is 1. The molecule has 0 aliphatic carbocycles. The number of carbonyl (C=O) groups excluding carboxylic acids is 1. The number of carboxylic acid groups (broad SMARTS) is 1. The van der Waals surface area contributed by atoms with Gasteiger partial charge in [0.2, 0.25) is 0 Å². The molecule has 106 valence electrons. The Kier molecular flexibility index (Phi) is 3.81. The van der Waals surface area contributed by atoms with Gasteiger partial charge >= 0.3 is 5.97 Å². The van der Waals surface area contributed by atoms with Gasteiger partial charge in [0, 0.05) is 0 Å². The number of hydrogen-bond donors (Lipinski definition) is 4. The first-order chi connectivity index (χ1) is 9.45. The van der Waals surface area contributed by atoms with Gasteiger partial charge in [0.25, 0.3) is 11.5 Å². The molecule has 0 aromatic carbocycles. The van der Waals surface area contributed by atoms with Crippen LogP contribution in [0.5, 0.6) is 0 Å². The molecule has 1 atom stereocenters. The first-order valence-electron chi connectivity index (χ1n) is 5.57. The first kappa shape index (κ1) is 14.2. The SMILES string of the molecule is Cc1c(C(=O)N[C@H](CO)C(=O)O)sc2nc[nH]c(=O)c12. The number of aromatic amines is 1. The van der Waals surface area contributed by atoms with Gasteiger partial charge in [-0.15, -0.1) is 11.3 Å². The molecule has 0 saturated heterocycles. The normalized spacial score (nSPS) is 12.3. The smallest absolute Gasteiger partial charge is 0.328 e. The highest BCUT2D eigenvalue weighted by molar-refractivity contribution is 7.20. The highest BCUT2D eigenvalue weighted by atomic mass is 32.1. The van der Waals surface area contributed by atoms with Gasteiger partial charge in [-0.1, -0.05) is 0 Å². The van der Waals surface area contributed by atoms with Crippen molar-refractivity contribution in [3.8, 4) is 0 Å². The summed E-state index contributed by atoms with van der Waals surface area (Å²) in [4.78, 5) is 41.4. The zero-order valence-electron chi connectivity index (χ0n) is 10.3. The van der Waals surface area contributed by atoms with Crippen LogP contribution in [0.2, 0.25) is 0 Å². The van der Waals surface area contributed by atoms with Crippen molar-refractivity contribution in [2.75, 3.05) is 6.61 Å². The molecule has 1 amide bonds. The molecule has 2 aromatic rings. The largest absolute Gasteiger partial charge is 0.480 e. The Hall–Kier alpha value is -2.26. The molecule has 9 heteroatoms. The number of carbonyl (C=O) groups is 2. The van der Waals surface area contributed by atoms with E-state index in [0.717, 1.165) is 11.3 Å². The van der Waals surface area contributed by atoms with Gasteiger partial charge < -0.3 is 20.5 Å². The Morgan fingerprint density at radius 3 is 2.80 bits per heavy atom. The summed E-state index contributed by atoms with van der Waals surface area (Å²) in [6.07, 6.45) is 1.23. The van der Waals surface area contributed by atoms with Crippen molar-refractivity contribution in [3.05, 3.63) is 27.1 Å². The molecule has 4 N–H and O–H groups in total. The third-order valence-corrected chi connectivity index (χ3v) is 3.92. The van der Waals surface area contributed by atoms with Crippen LogP contribution in [0.1, 0.15) is 15.2 Å². The van der Waals surface area contributed by atoms with Gasteiger partial charge in [-0.25, -0.2) is 9.78 Å². The number of H-pyrrole nitrogens is 1. The van der Waals surface area contributed by atoms with Crippen LogP contribution in [0.4, 0.5) is 0 Å². The minimum atomic E-state index is -1.39. The van der Waals surface area contributed by atoms with Crippen LogP contribution in [-0.4, -0.2) is 44.7 Å². The van der Waals surface area contributed by atoms with E-state index in [1.807, 2.05) is 0 Å². The van der Waals surface area contributed by atoms with E-state index in [1.165, 1.54) is 6.33 Å². The molecule has 2 heterocycles. The predicted octanol–water partition coefficient (Wildman–Crippen LogP) is -0.532. The standard InChI is InChI=1S/C11H11N3O5S/c1-4-6-8(16)12-3-13-10(6)20-7(4)9(17)14-5(2-15)11(18)19/h3,5,15H,2H2,1H3,(H,14,17)(H,18,19)(H,12,13,16)/t5-/m1/s1. The third-order valence-electron chi connectivity index (χ3n) is 2.72. The number of hydrogen-bond acceptors (Lipinski definition) is 6. The molecule has 2 aromatic heterocycles. The number of aryl methyl sites for hydroxylation is 1. The number of aliphatic hydroxyl groups excluding tert-OH is 1. The number of aromatic nitrogens is 2. The van der Waals surface area contributed by atoms with Crippen LogP contribution >= 0.6 is 11.3 Å². The van der Waals surface area contributed by atoms with Gasteiger partial charge in [-0.2, -0.15) is 0 Å². The Bertz CT molecular complexity index is 735. The van der Waals surface area contributed by atoms with Crippen molar-refractivity contribution in [1.29, 1.82) is 0 Å². The number of rotatable bonds is 4. The van der Waals surface area contributed by atoms with E-state index in [9.17, 15) is 14.4 Å². The fourth-order valence-electron chi connectivity index (χ4n) is 1.70. The molecule has 0 aliphatic rings. The topological polar surface area (TPSA) is 132 Å². The molecule has 0 spiro atoms. The van der Waals surface area contributed by atoms with Crippen LogP contribution < -0.4 is 10.9 Å². The van der Waals surface area contributed by atoms with E-state index >= 15 is 0 Å². The number of amides is 1. The molecular formula is C11H11N3O5S. The summed E-state index contributed by atoms with van der Waals surface area (Å²) in [7, 11) is 0. The van der Waals surface area contributed by atoms with Gasteiger partial charge in [0.05, 0.1) is 23.2 Å². The average Bonchev–Trinajstić information content (AvgIpc) is 2.74. The lowest BCUT2D eigenvalue weighted by atomic mass is 10.2. The molecule has 0 radical (unpaired) electrons. The van der Waals surface area contributed by atoms with E-state index in [1.54, 1.807) is 6.92 Å². The maximum atomic E-state index is 12.0. The highest BCUT2D eigenvalue weighted by Crippen LogP contribution is 2.26. The Labute approximate surface area is 116 Å². The molecule has 0 bridgehead atoms. The van der Waals surface area contributed by atoms with Crippen molar-refractivity contribution >= 4 is 33.4 Å². The lowest BCUT2D eigenvalue weighted by Crippen LogP contribution is -2.43. The predicted molar refractivity (Wildman–Crippen MR) is 71.0 cm³/mol. The number of aliphatic carboxylic acids is 1. The van der Waals surface area contributed by atoms with Gasteiger partial charge in [0.1, 0.15) is 4.83 Å². The van der Waals surface area contributed by atoms with Crippen LogP contribution in [0.3, 0.4) is 0 Å². The molecule has 2 rings (SSSR count). The number of fused-ring (bicyclic) bond motifs is 1. The minimum absolute atomic E-state index is 0.198. The summed E-state index contributed by atoms with van der Waals surface area (Å²) in [6.45, 7) is 0.864. The van der Waals surface area contributed by atoms with Crippen LogP contribution in [0, 0.1) is 6.92 Å². The monoisotopic (exact) mass is 297 g/mol. The molecule has 0 unspecified atom stereocenters. The van der Waals surface area contributed by atoms with Crippen molar-refractivity contribution in [2.45, 2.75) is 13.0 Å². The van der Waals surface area contributed by atoms with E-state index in [-0.39, 0.29) is 10.4 Å². The summed E-state index contributed by atoms with van der Waals surface area (Å²) in [5, 5.41) is 20.2. The second-order valence-electron chi connectivity index (χ2n) is 4.01. The Balaban J connectivity index is 2.41. The molecule has 0 fully saturated rings. The lowest BCUT2D eigenvalue weighted by Gasteiger charge is -2.10. The van der Waals surface area contributed by atoms with Crippen LogP contribution in [0.25, 0.3) is 10.2 Å². The average molecular weight is 297 g/mol. The third kappa shape index (κ3) is 2.40. The van der Waals surface area contributed by atoms with Crippen molar-refractivity contribution < 1.29 is 19.8 Å². The summed E-state index contributed by atoms with van der Waals surface area (Å²) >= 11 is 0.993. The molecular weight excluding hydrogens is 286 g/mol. The van der Waals surface area contributed by atoms with Crippen molar-refractivity contribution in [1.82, 2.24) is 15.3 Å². The molecule has 0 saturated carbocycles. The summed E-state index contributed by atoms with van der Waals surface area (Å²) in [5.41, 5.74) is 0.0682. The summed E-state index contributed by atoms with van der Waals surface area (Å²) < 4.78 is 0. The molecule has 0 aliphatic heterocycles. The first-order valence-corrected chi connectivity index (χ1v) is 6.38. The van der Waals surface area contributed by atoms with Crippen LogP contribution in [-0.2, 0) is 4.79 Å². The molecule has 20 heavy (non-hydrogen) atoms. The second-order valence-corrected chi connectivity index (χ2v) is 5.01. The number of aliphatic hydroxyl groups is 1. The zero-order valence-corrected chi connectivity index (χ0v) is 11.2. The van der Waals surface area contributed by atoms with Gasteiger partial charge in [0.15, 0.2) is 6.04 Å². The fraction of sp³-hybridized carbons (Fsp3) is 0.273. The summed E-state index contributed by atoms with van der Waals surface area (Å²) in [5.74, 6) is -2.00. The fourth-order valence-corrected chi connectivity index (χ4v) is 2.76. The van der Waals surface area contributed by atoms with E-state index in [4.69, 9.17) is 10.2 Å². The maximum Gasteiger partial charge on any atom is 0.328 e. The zero-order chi connectivity index (χ0) is 14.9. The van der Waals surface area contributed by atoms with E-state index in [0.29, 0.717) is 15.8 Å². The number of carboxylic acids is 1. The Morgan fingerprint density at radius 1 is 1.55 bits per heavy atom. The minimum Gasteiger partial charge on any atom is -0.480 e. The quantitative estimate of drug-likeness (QED) is 0.599. The molecule has 8 nitrogen and oxygen atoms in total. The van der Waals surface area contributed by atoms with Crippen LogP contribution in [0.15, 0.2) is 11.1 Å². The van der Waals surface area contributed by atoms with E-state index < -0.39 is 24.5 Å². The van der Waals surface area contributed by atoms with Crippen molar-refractivity contribution in [2.24, 2.45) is 0 Å². The highest BCUT2D eigenvalue weighted by Gasteiger charge is 2.23. The number of nitrogens with one attached hydrogen (secondary N) is 2. The Morgan fingerprint density at radius 2 is 2.25 bits per heavy atom. The van der Waals surface area contributed by atoms with Gasteiger partial charge in [-0.05, 0) is 12.5 Å². The van der Waals surface area contributed by atoms with Gasteiger partial charge in [-0.3, -0.25) is 9.59 Å².